The van der Waals surface area contributed by atoms with E-state index in [1.54, 1.807) is 84.9 Å². The summed E-state index contributed by atoms with van der Waals surface area (Å²) < 4.78 is 31.4. The molecule has 1 heterocycles. The van der Waals surface area contributed by atoms with E-state index in [-0.39, 0.29) is 45.0 Å². The lowest BCUT2D eigenvalue weighted by molar-refractivity contribution is -0.167. The second-order valence-electron chi connectivity index (χ2n) is 15.9. The molecule has 5 aromatic carbocycles. The number of ether oxygens (including phenoxy) is 4. The topological polar surface area (TPSA) is 161 Å². The van der Waals surface area contributed by atoms with Crippen LogP contribution in [-0.4, -0.2) is 86.7 Å². The molecule has 0 N–H and O–H groups in total. The van der Waals surface area contributed by atoms with Crippen molar-refractivity contribution in [1.82, 2.24) is 5.06 Å². The Kier molecular flexibility index (Phi) is 14.3. The fraction of sp³-hybridized carbons (Fsp3) is 0.250. The highest BCUT2D eigenvalue weighted by molar-refractivity contribution is 6.74. The number of hydroxylamine groups is 2. The quantitative estimate of drug-likeness (QED) is 0.0383. The molecule has 0 radical (unpaired) electrons. The molecular weight excluding hydrogens is 811 g/mol. The monoisotopic (exact) mass is 857 g/mol. The highest BCUT2D eigenvalue weighted by Gasteiger charge is 2.48. The third kappa shape index (κ3) is 10.8. The summed E-state index contributed by atoms with van der Waals surface area (Å²) in [5, 5.41) is 0.174. The van der Waals surface area contributed by atoms with Gasteiger partial charge in [-0.3, -0.25) is 14.4 Å². The smallest absolute Gasteiger partial charge is 0.338 e. The van der Waals surface area contributed by atoms with Gasteiger partial charge in [0.05, 0.1) is 40.0 Å². The van der Waals surface area contributed by atoms with E-state index >= 15 is 0 Å². The Morgan fingerprint density at radius 1 is 0.484 bits per heavy atom. The summed E-state index contributed by atoms with van der Waals surface area (Å²) in [6, 6.07) is 37.9. The van der Waals surface area contributed by atoms with Crippen molar-refractivity contribution < 1.29 is 57.0 Å². The summed E-state index contributed by atoms with van der Waals surface area (Å²) in [5.74, 6) is -5.20. The Hall–Kier alpha value is -6.74. The van der Waals surface area contributed by atoms with Crippen molar-refractivity contribution in [2.45, 2.75) is 63.3 Å². The molecule has 1 aliphatic rings. The third-order valence-corrected chi connectivity index (χ3v) is 15.1. The van der Waals surface area contributed by atoms with E-state index in [2.05, 4.69) is 0 Å². The fourth-order valence-electron chi connectivity index (χ4n) is 6.13. The Morgan fingerprint density at radius 2 is 0.790 bits per heavy atom. The van der Waals surface area contributed by atoms with Crippen LogP contribution in [0.15, 0.2) is 146 Å². The number of amides is 2. The first kappa shape index (κ1) is 44.8. The maximum atomic E-state index is 14.2. The number of esters is 4. The van der Waals surface area contributed by atoms with Crippen LogP contribution in [0.4, 0.5) is 0 Å². The van der Waals surface area contributed by atoms with Crippen LogP contribution in [0.1, 0.15) is 82.9 Å². The number of fused-ring (bicyclic) bond motifs is 1. The molecule has 0 spiro atoms. The number of hydrogen-bond donors (Lipinski definition) is 0. The molecule has 0 fully saturated rings. The lowest BCUT2D eigenvalue weighted by Gasteiger charge is -2.40. The van der Waals surface area contributed by atoms with Crippen molar-refractivity contribution in [3.63, 3.8) is 0 Å². The molecule has 0 bridgehead atoms. The Balaban J connectivity index is 1.50. The van der Waals surface area contributed by atoms with Crippen molar-refractivity contribution >= 4 is 44.0 Å². The van der Waals surface area contributed by atoms with Crippen LogP contribution in [0, 0.1) is 0 Å². The van der Waals surface area contributed by atoms with Crippen LogP contribution in [0.25, 0.3) is 0 Å². The van der Waals surface area contributed by atoms with Gasteiger partial charge in [-0.1, -0.05) is 106 Å². The molecule has 0 unspecified atom stereocenters. The summed E-state index contributed by atoms with van der Waals surface area (Å²) in [6.07, 6.45) is -6.98. The molecule has 1 aliphatic heterocycles. The first-order chi connectivity index (χ1) is 29.6. The highest BCUT2D eigenvalue weighted by Crippen LogP contribution is 2.37. The van der Waals surface area contributed by atoms with Gasteiger partial charge in [-0.2, -0.15) is 0 Å². The molecule has 0 aromatic heterocycles. The van der Waals surface area contributed by atoms with Crippen LogP contribution in [0.5, 0.6) is 0 Å². The minimum Gasteiger partial charge on any atom is -0.452 e. The maximum Gasteiger partial charge on any atom is 0.338 e. The minimum atomic E-state index is -2.68. The van der Waals surface area contributed by atoms with Gasteiger partial charge in [-0.25, -0.2) is 19.2 Å². The number of benzene rings is 5. The summed E-state index contributed by atoms with van der Waals surface area (Å²) in [4.78, 5) is 89.3. The van der Waals surface area contributed by atoms with Crippen molar-refractivity contribution in [3.8, 4) is 0 Å². The first-order valence-corrected chi connectivity index (χ1v) is 22.8. The van der Waals surface area contributed by atoms with E-state index in [9.17, 15) is 28.8 Å². The Labute approximate surface area is 360 Å². The second kappa shape index (κ2) is 19.8. The van der Waals surface area contributed by atoms with E-state index in [4.69, 9.17) is 28.2 Å². The zero-order valence-corrected chi connectivity index (χ0v) is 35.9. The largest absolute Gasteiger partial charge is 0.452 e. The molecule has 0 saturated heterocycles. The zero-order valence-electron chi connectivity index (χ0n) is 34.9. The maximum absolute atomic E-state index is 14.2. The van der Waals surface area contributed by atoms with Crippen molar-refractivity contribution in [2.24, 2.45) is 0 Å². The predicted octanol–water partition coefficient (Wildman–Crippen LogP) is 8.14. The van der Waals surface area contributed by atoms with Gasteiger partial charge < -0.3 is 23.4 Å². The van der Waals surface area contributed by atoms with Crippen LogP contribution in [0.2, 0.25) is 18.1 Å². The van der Waals surface area contributed by atoms with Crippen molar-refractivity contribution in [2.75, 3.05) is 13.2 Å². The first-order valence-electron chi connectivity index (χ1n) is 19.9. The second-order valence-corrected chi connectivity index (χ2v) is 20.7. The number of carbonyl (C=O) groups excluding carboxylic acids is 6. The number of hydrogen-bond acceptors (Lipinski definition) is 12. The molecule has 14 heteroatoms. The van der Waals surface area contributed by atoms with Crippen molar-refractivity contribution in [1.29, 1.82) is 0 Å². The van der Waals surface area contributed by atoms with Crippen LogP contribution in [0.3, 0.4) is 0 Å². The normalized spacial score (nSPS) is 14.5. The van der Waals surface area contributed by atoms with Crippen LogP contribution >= 0.6 is 0 Å². The van der Waals surface area contributed by atoms with Gasteiger partial charge in [0.2, 0.25) is 0 Å². The molecule has 2 amide bonds. The lowest BCUT2D eigenvalue weighted by atomic mass is 10.0. The van der Waals surface area contributed by atoms with E-state index in [0.29, 0.717) is 5.06 Å². The predicted molar refractivity (Wildman–Crippen MR) is 229 cm³/mol. The fourth-order valence-corrected chi connectivity index (χ4v) is 7.15. The minimum absolute atomic E-state index is 0.0652. The average Bonchev–Trinajstić information content (AvgIpc) is 3.53. The molecule has 4 atom stereocenters. The molecule has 0 saturated carbocycles. The molecule has 62 heavy (non-hydrogen) atoms. The number of carbonyl (C=O) groups is 6. The molecule has 320 valence electrons. The van der Waals surface area contributed by atoms with Gasteiger partial charge in [-0.05, 0) is 78.8 Å². The summed E-state index contributed by atoms with van der Waals surface area (Å²) in [5.41, 5.74) is 0.536. The summed E-state index contributed by atoms with van der Waals surface area (Å²) in [6.45, 7) is 8.80. The Bertz CT molecular complexity index is 2330. The molecule has 13 nitrogen and oxygen atoms in total. The number of nitrogens with zero attached hydrogens (tertiary/aromatic N) is 1. The van der Waals surface area contributed by atoms with Gasteiger partial charge in [0.1, 0.15) is 6.61 Å². The molecule has 6 rings (SSSR count). The Morgan fingerprint density at radius 3 is 1.13 bits per heavy atom. The molecular formula is C48H47NO12Si. The van der Waals surface area contributed by atoms with Gasteiger partial charge in [-0.15, -0.1) is 5.06 Å². The molecule has 0 aliphatic carbocycles. The number of rotatable bonds is 17. The van der Waals surface area contributed by atoms with Gasteiger partial charge >= 0.3 is 23.9 Å². The highest BCUT2D eigenvalue weighted by atomic mass is 28.4. The third-order valence-electron chi connectivity index (χ3n) is 10.6. The molecule has 5 aromatic rings. The SMILES string of the molecule is CC(C)(C)[Si](C)(C)OC[C@@H](OC(=O)c1ccccc1)[C@@H](OC(=O)c1ccccc1)[C@H](OC(=O)c1ccccc1)[C@@H](CON1C(=O)c2ccccc2C1=O)OC(=O)c1ccccc1. The van der Waals surface area contributed by atoms with Crippen LogP contribution < -0.4 is 0 Å². The zero-order chi connectivity index (χ0) is 44.4. The van der Waals surface area contributed by atoms with Gasteiger partial charge in [0.25, 0.3) is 11.8 Å². The summed E-state index contributed by atoms with van der Waals surface area (Å²) >= 11 is 0. The van der Waals surface area contributed by atoms with E-state index in [1.165, 1.54) is 60.7 Å². The standard InChI is InChI=1S/C48H47NO12Si/c1-48(2,3)62(4,5)57-31-39(59-45(53)33-22-12-7-13-23-33)41(61-47(55)35-26-16-9-17-27-35)40(60-46(54)34-24-14-8-15-25-34)38(58-44(52)32-20-10-6-11-21-32)30-56-49-42(50)36-28-18-19-29-37(36)43(49)51/h6-29,38-41H,30-31H2,1-5H3/t38-,39-,40-,41-/m1/s1. The lowest BCUT2D eigenvalue weighted by Crippen LogP contribution is -2.56. The van der Waals surface area contributed by atoms with E-state index in [1.807, 2.05) is 33.9 Å². The van der Waals surface area contributed by atoms with Crippen LogP contribution in [-0.2, 0) is 28.2 Å². The average molecular weight is 858 g/mol. The van der Waals surface area contributed by atoms with Crippen molar-refractivity contribution in [3.05, 3.63) is 179 Å². The van der Waals surface area contributed by atoms with Gasteiger partial charge in [0.15, 0.2) is 32.7 Å². The summed E-state index contributed by atoms with van der Waals surface area (Å²) in [7, 11) is -2.68. The van der Waals surface area contributed by atoms with E-state index in [0.717, 1.165) is 0 Å². The van der Waals surface area contributed by atoms with Gasteiger partial charge in [0, 0.05) is 0 Å². The van der Waals surface area contributed by atoms with E-state index < -0.39 is 75.0 Å². The number of imide groups is 1.